The first-order valence-corrected chi connectivity index (χ1v) is 11.6. The van der Waals surface area contributed by atoms with E-state index >= 15 is 0 Å². The lowest BCUT2D eigenvalue weighted by Gasteiger charge is -2.14. The maximum atomic E-state index is 13.3. The van der Waals surface area contributed by atoms with Crippen molar-refractivity contribution >= 4 is 22.8 Å². The van der Waals surface area contributed by atoms with Gasteiger partial charge in [-0.25, -0.2) is 4.98 Å². The molecule has 7 nitrogen and oxygen atoms in total. The molecule has 0 unspecified atom stereocenters. The fraction of sp³-hybridized carbons (Fsp3) is 0.407. The van der Waals surface area contributed by atoms with Crippen molar-refractivity contribution in [3.63, 3.8) is 0 Å². The lowest BCUT2D eigenvalue weighted by Crippen LogP contribution is -2.24. The largest absolute Gasteiger partial charge is 0.497 e. The molecule has 3 aromatic rings. The maximum absolute atomic E-state index is 13.3. The van der Waals surface area contributed by atoms with E-state index < -0.39 is 0 Å². The molecule has 34 heavy (non-hydrogen) atoms. The van der Waals surface area contributed by atoms with Gasteiger partial charge >= 0.3 is 6.15 Å². The minimum absolute atomic E-state index is 0.0687. The SMILES string of the molecule is CCCCCC(=O)CCCCc1nc2cc(C)ccc2c(=O)n1-c1ccc(OC)cc1.O=C=O. The smallest absolute Gasteiger partial charge is 0.373 e. The van der Waals surface area contributed by atoms with Crippen molar-refractivity contribution in [3.05, 3.63) is 64.2 Å². The fourth-order valence-electron chi connectivity index (χ4n) is 3.81. The highest BCUT2D eigenvalue weighted by Gasteiger charge is 2.13. The first kappa shape index (κ1) is 26.7. The first-order valence-electron chi connectivity index (χ1n) is 11.6. The number of carbonyl (C=O) groups is 1. The van der Waals surface area contributed by atoms with Crippen molar-refractivity contribution in [2.24, 2.45) is 0 Å². The van der Waals surface area contributed by atoms with Gasteiger partial charge in [-0.05, 0) is 68.1 Å². The van der Waals surface area contributed by atoms with Gasteiger partial charge in [-0.2, -0.15) is 9.59 Å². The van der Waals surface area contributed by atoms with Gasteiger partial charge in [-0.3, -0.25) is 14.2 Å². The summed E-state index contributed by atoms with van der Waals surface area (Å²) in [6.45, 7) is 4.14. The summed E-state index contributed by atoms with van der Waals surface area (Å²) in [5.74, 6) is 1.80. The van der Waals surface area contributed by atoms with Crippen LogP contribution in [0.15, 0.2) is 47.3 Å². The molecular weight excluding hydrogens is 432 g/mol. The van der Waals surface area contributed by atoms with E-state index in [0.29, 0.717) is 30.4 Å². The molecule has 0 aliphatic rings. The second-order valence-electron chi connectivity index (χ2n) is 8.17. The number of benzene rings is 2. The molecule has 2 aromatic carbocycles. The van der Waals surface area contributed by atoms with Crippen LogP contribution < -0.4 is 10.3 Å². The molecule has 7 heteroatoms. The van der Waals surface area contributed by atoms with Crippen molar-refractivity contribution in [3.8, 4) is 11.4 Å². The zero-order valence-corrected chi connectivity index (χ0v) is 20.1. The summed E-state index contributed by atoms with van der Waals surface area (Å²) in [7, 11) is 1.62. The minimum atomic E-state index is -0.0687. The average Bonchev–Trinajstić information content (AvgIpc) is 2.82. The Morgan fingerprint density at radius 2 is 1.65 bits per heavy atom. The molecule has 0 fully saturated rings. The zero-order chi connectivity index (χ0) is 24.9. The number of hydrogen-bond acceptors (Lipinski definition) is 6. The summed E-state index contributed by atoms with van der Waals surface area (Å²) >= 11 is 0. The van der Waals surface area contributed by atoms with Gasteiger partial charge in [0.2, 0.25) is 0 Å². The van der Waals surface area contributed by atoms with Crippen molar-refractivity contribution in [2.45, 2.75) is 65.2 Å². The number of hydrogen-bond donors (Lipinski definition) is 0. The van der Waals surface area contributed by atoms with Gasteiger partial charge in [0.1, 0.15) is 17.4 Å². The molecule has 0 radical (unpaired) electrons. The summed E-state index contributed by atoms with van der Waals surface area (Å²) in [5.41, 5.74) is 2.50. The van der Waals surface area contributed by atoms with Crippen molar-refractivity contribution in [1.29, 1.82) is 0 Å². The Balaban J connectivity index is 0.00000129. The van der Waals surface area contributed by atoms with Gasteiger partial charge < -0.3 is 4.74 Å². The van der Waals surface area contributed by atoms with E-state index in [2.05, 4.69) is 6.92 Å². The highest BCUT2D eigenvalue weighted by atomic mass is 16.5. The monoisotopic (exact) mass is 464 g/mol. The third-order valence-corrected chi connectivity index (χ3v) is 5.59. The Bertz CT molecular complexity index is 1180. The van der Waals surface area contributed by atoms with E-state index in [-0.39, 0.29) is 11.7 Å². The number of fused-ring (bicyclic) bond motifs is 1. The number of Topliss-reactive ketones (excluding diaryl/α,β-unsaturated/α-hetero) is 1. The topological polar surface area (TPSA) is 95.3 Å². The lowest BCUT2D eigenvalue weighted by molar-refractivity contribution is -0.191. The second kappa shape index (κ2) is 13.9. The highest BCUT2D eigenvalue weighted by molar-refractivity contribution is 5.79. The normalized spacial score (nSPS) is 10.3. The van der Waals surface area contributed by atoms with Crippen molar-refractivity contribution in [1.82, 2.24) is 9.55 Å². The summed E-state index contributed by atoms with van der Waals surface area (Å²) in [4.78, 5) is 46.5. The van der Waals surface area contributed by atoms with Crippen molar-refractivity contribution < 1.29 is 19.1 Å². The number of carbonyl (C=O) groups excluding carboxylic acids is 3. The van der Waals surface area contributed by atoms with Crippen LogP contribution in [-0.2, 0) is 20.8 Å². The number of methoxy groups -OCH3 is 1. The molecule has 0 saturated carbocycles. The molecule has 0 amide bonds. The summed E-state index contributed by atoms with van der Waals surface area (Å²) < 4.78 is 6.95. The molecule has 1 aromatic heterocycles. The van der Waals surface area contributed by atoms with E-state index in [9.17, 15) is 9.59 Å². The first-order chi connectivity index (χ1) is 16.4. The molecule has 0 aliphatic carbocycles. The number of aryl methyl sites for hydroxylation is 2. The van der Waals surface area contributed by atoms with Crippen LogP contribution in [0.1, 0.15) is 63.3 Å². The van der Waals surface area contributed by atoms with Gasteiger partial charge in [0.25, 0.3) is 5.56 Å². The number of aromatic nitrogens is 2. The summed E-state index contributed by atoms with van der Waals surface area (Å²) in [6.07, 6.45) is 7.03. The third kappa shape index (κ3) is 7.49. The molecule has 0 atom stereocenters. The Kier molecular flexibility index (Phi) is 10.9. The minimum Gasteiger partial charge on any atom is -0.497 e. The Morgan fingerprint density at radius 3 is 2.26 bits per heavy atom. The molecule has 180 valence electrons. The number of unbranched alkanes of at least 4 members (excludes halogenated alkanes) is 3. The molecule has 0 spiro atoms. The van der Waals surface area contributed by atoms with Crippen LogP contribution in [0.5, 0.6) is 5.75 Å². The predicted octanol–water partition coefficient (Wildman–Crippen LogP) is 4.98. The third-order valence-electron chi connectivity index (χ3n) is 5.59. The number of nitrogens with zero attached hydrogens (tertiary/aromatic N) is 2. The Labute approximate surface area is 199 Å². The molecule has 3 rings (SSSR count). The lowest BCUT2D eigenvalue weighted by atomic mass is 10.1. The average molecular weight is 465 g/mol. The quantitative estimate of drug-likeness (QED) is 0.371. The van der Waals surface area contributed by atoms with E-state index in [1.54, 1.807) is 11.7 Å². The molecule has 0 saturated heterocycles. The van der Waals surface area contributed by atoms with Gasteiger partial charge in [0.05, 0.1) is 23.7 Å². The molecule has 1 heterocycles. The fourth-order valence-corrected chi connectivity index (χ4v) is 3.81. The Hall–Kier alpha value is -3.57. The highest BCUT2D eigenvalue weighted by Crippen LogP contribution is 2.19. The standard InChI is InChI=1S/C26H32N2O3.CO2/c1-4-5-6-9-21(29)10-7-8-11-25-27-24-18-19(2)12-17-23(24)26(30)28(25)20-13-15-22(31-3)16-14-20;2-1-3/h12-18H,4-11H2,1-3H3;. The van der Waals surface area contributed by atoms with Crippen LogP contribution >= 0.6 is 0 Å². The number of rotatable bonds is 11. The Morgan fingerprint density at radius 1 is 1.00 bits per heavy atom. The zero-order valence-electron chi connectivity index (χ0n) is 20.1. The van der Waals surface area contributed by atoms with Gasteiger partial charge in [-0.1, -0.05) is 25.8 Å². The van der Waals surface area contributed by atoms with E-state index in [4.69, 9.17) is 19.3 Å². The second-order valence-corrected chi connectivity index (χ2v) is 8.17. The van der Waals surface area contributed by atoms with Gasteiger partial charge in [0, 0.05) is 19.3 Å². The van der Waals surface area contributed by atoms with Crippen LogP contribution in [-0.4, -0.2) is 28.6 Å². The van der Waals surface area contributed by atoms with E-state index in [0.717, 1.165) is 60.4 Å². The maximum Gasteiger partial charge on any atom is 0.373 e. The molecule has 0 bridgehead atoms. The molecule has 0 N–H and O–H groups in total. The number of ketones is 1. The van der Waals surface area contributed by atoms with Crippen LogP contribution in [0, 0.1) is 6.92 Å². The van der Waals surface area contributed by atoms with Gasteiger partial charge in [-0.15, -0.1) is 0 Å². The van der Waals surface area contributed by atoms with Gasteiger partial charge in [0.15, 0.2) is 0 Å². The summed E-state index contributed by atoms with van der Waals surface area (Å²) in [5, 5.41) is 0.608. The predicted molar refractivity (Wildman–Crippen MR) is 130 cm³/mol. The van der Waals surface area contributed by atoms with Crippen LogP contribution in [0.3, 0.4) is 0 Å². The summed E-state index contributed by atoms with van der Waals surface area (Å²) in [6, 6.07) is 13.2. The van der Waals surface area contributed by atoms with E-state index in [1.807, 2.05) is 49.4 Å². The molecule has 0 aliphatic heterocycles. The van der Waals surface area contributed by atoms with Crippen molar-refractivity contribution in [2.75, 3.05) is 7.11 Å². The van der Waals surface area contributed by atoms with Crippen LogP contribution in [0.2, 0.25) is 0 Å². The molecular formula is C27H32N2O5. The van der Waals surface area contributed by atoms with Crippen LogP contribution in [0.25, 0.3) is 16.6 Å². The van der Waals surface area contributed by atoms with Crippen LogP contribution in [0.4, 0.5) is 0 Å². The van der Waals surface area contributed by atoms with E-state index in [1.165, 1.54) is 0 Å². The number of ether oxygens (including phenoxy) is 1.